The van der Waals surface area contributed by atoms with Crippen molar-refractivity contribution in [2.24, 2.45) is 0 Å². The van der Waals surface area contributed by atoms with Crippen LogP contribution < -0.4 is 14.8 Å². The molecule has 0 heterocycles. The van der Waals surface area contributed by atoms with Gasteiger partial charge < -0.3 is 19.7 Å². The summed E-state index contributed by atoms with van der Waals surface area (Å²) < 4.78 is 38.2. The predicted octanol–water partition coefficient (Wildman–Crippen LogP) is 2.37. The van der Waals surface area contributed by atoms with Gasteiger partial charge >= 0.3 is 0 Å². The Bertz CT molecular complexity index is 1060. The van der Waals surface area contributed by atoms with Crippen molar-refractivity contribution in [2.45, 2.75) is 11.3 Å². The van der Waals surface area contributed by atoms with Crippen LogP contribution in [0.4, 0.5) is 5.69 Å². The third-order valence-electron chi connectivity index (χ3n) is 4.37. The Labute approximate surface area is 192 Å². The fourth-order valence-corrected chi connectivity index (χ4v) is 4.05. The number of hydrogen-bond acceptors (Lipinski definition) is 6. The van der Waals surface area contributed by atoms with E-state index < -0.39 is 15.9 Å². The second kappa shape index (κ2) is 11.7. The Balaban J connectivity index is 2.12. The molecule has 2 amide bonds. The number of nitrogens with zero attached hydrogens (tertiary/aromatic N) is 1. The molecule has 174 valence electrons. The van der Waals surface area contributed by atoms with E-state index in [1.165, 1.54) is 55.5 Å². The van der Waals surface area contributed by atoms with E-state index >= 15 is 0 Å². The Kier molecular flexibility index (Phi) is 9.30. The number of amides is 2. The number of benzene rings is 2. The van der Waals surface area contributed by atoms with Crippen LogP contribution in [-0.4, -0.2) is 66.1 Å². The maximum atomic E-state index is 12.9. The number of sulfonamides is 1. The molecule has 0 saturated heterocycles. The van der Waals surface area contributed by atoms with Crippen molar-refractivity contribution in [3.63, 3.8) is 0 Å². The van der Waals surface area contributed by atoms with Gasteiger partial charge in [0, 0.05) is 37.9 Å². The summed E-state index contributed by atoms with van der Waals surface area (Å²) in [5.74, 6) is -0.522. The first-order chi connectivity index (χ1) is 15.2. The molecule has 2 N–H and O–H groups in total. The SMILES string of the molecule is COCCCNC(=O)CN(C)C(=O)c1cccc(S(=O)(=O)Nc2cc(Cl)ccc2OC)c1. The van der Waals surface area contributed by atoms with Crippen molar-refractivity contribution in [3.05, 3.63) is 53.1 Å². The topological polar surface area (TPSA) is 114 Å². The van der Waals surface area contributed by atoms with E-state index in [-0.39, 0.29) is 28.6 Å². The minimum Gasteiger partial charge on any atom is -0.495 e. The van der Waals surface area contributed by atoms with Gasteiger partial charge in [-0.05, 0) is 42.8 Å². The number of anilines is 1. The molecule has 32 heavy (non-hydrogen) atoms. The molecule has 0 spiro atoms. The lowest BCUT2D eigenvalue weighted by Gasteiger charge is -2.17. The number of ether oxygens (including phenoxy) is 2. The van der Waals surface area contributed by atoms with Gasteiger partial charge in [0.2, 0.25) is 5.91 Å². The molecule has 0 atom stereocenters. The van der Waals surface area contributed by atoms with Crippen molar-refractivity contribution in [1.82, 2.24) is 10.2 Å². The number of hydrogen-bond donors (Lipinski definition) is 2. The third kappa shape index (κ3) is 7.11. The lowest BCUT2D eigenvalue weighted by molar-refractivity contribution is -0.121. The lowest BCUT2D eigenvalue weighted by Crippen LogP contribution is -2.38. The summed E-state index contributed by atoms with van der Waals surface area (Å²) in [6.07, 6.45) is 0.657. The number of nitrogens with one attached hydrogen (secondary N) is 2. The number of likely N-dealkylation sites (N-methyl/N-ethyl adjacent to an activating group) is 1. The van der Waals surface area contributed by atoms with Crippen LogP contribution in [0.15, 0.2) is 47.4 Å². The Hall–Kier alpha value is -2.82. The van der Waals surface area contributed by atoms with Gasteiger partial charge in [-0.3, -0.25) is 14.3 Å². The summed E-state index contributed by atoms with van der Waals surface area (Å²) in [7, 11) is 0.410. The van der Waals surface area contributed by atoms with Crippen LogP contribution in [0.25, 0.3) is 0 Å². The molecule has 2 rings (SSSR count). The summed E-state index contributed by atoms with van der Waals surface area (Å²) in [5.41, 5.74) is 0.291. The molecular weight excluding hydrogens is 458 g/mol. The Morgan fingerprint density at radius 1 is 1.12 bits per heavy atom. The molecule has 2 aromatic carbocycles. The van der Waals surface area contributed by atoms with Crippen molar-refractivity contribution in [2.75, 3.05) is 45.7 Å². The van der Waals surface area contributed by atoms with Gasteiger partial charge in [-0.2, -0.15) is 0 Å². The van der Waals surface area contributed by atoms with E-state index in [4.69, 9.17) is 21.1 Å². The van der Waals surface area contributed by atoms with E-state index in [1.54, 1.807) is 13.2 Å². The molecule has 0 bridgehead atoms. The molecule has 0 aliphatic carbocycles. The minimum absolute atomic E-state index is 0.122. The molecule has 9 nitrogen and oxygen atoms in total. The average Bonchev–Trinajstić information content (AvgIpc) is 2.76. The molecule has 0 saturated carbocycles. The van der Waals surface area contributed by atoms with Crippen LogP contribution in [0.2, 0.25) is 5.02 Å². The van der Waals surface area contributed by atoms with Gasteiger partial charge in [0.15, 0.2) is 0 Å². The van der Waals surface area contributed by atoms with Crippen LogP contribution in [0.5, 0.6) is 5.75 Å². The standard InChI is InChI=1S/C21H26ClN3O6S/c1-25(14-20(26)23-10-5-11-30-2)21(27)15-6-4-7-17(12-15)32(28,29)24-18-13-16(22)8-9-19(18)31-3/h4,6-9,12-13,24H,5,10-11,14H2,1-3H3,(H,23,26). The van der Waals surface area contributed by atoms with Crippen molar-refractivity contribution >= 4 is 39.1 Å². The van der Waals surface area contributed by atoms with Gasteiger partial charge in [-0.1, -0.05) is 17.7 Å². The molecule has 0 fully saturated rings. The van der Waals surface area contributed by atoms with E-state index in [0.717, 1.165) is 0 Å². The van der Waals surface area contributed by atoms with Crippen LogP contribution in [-0.2, 0) is 19.6 Å². The highest BCUT2D eigenvalue weighted by atomic mass is 35.5. The molecule has 0 aliphatic heterocycles. The maximum Gasteiger partial charge on any atom is 0.262 e. The molecule has 0 aromatic heterocycles. The highest BCUT2D eigenvalue weighted by Gasteiger charge is 2.20. The molecule has 0 radical (unpaired) electrons. The highest BCUT2D eigenvalue weighted by Crippen LogP contribution is 2.30. The Morgan fingerprint density at radius 3 is 2.56 bits per heavy atom. The maximum absolute atomic E-state index is 12.9. The summed E-state index contributed by atoms with van der Waals surface area (Å²) in [4.78, 5) is 25.8. The van der Waals surface area contributed by atoms with Gasteiger partial charge in [-0.25, -0.2) is 8.42 Å². The van der Waals surface area contributed by atoms with E-state index in [9.17, 15) is 18.0 Å². The predicted molar refractivity (Wildman–Crippen MR) is 122 cm³/mol. The molecule has 2 aromatic rings. The van der Waals surface area contributed by atoms with Crippen molar-refractivity contribution in [3.8, 4) is 5.75 Å². The smallest absolute Gasteiger partial charge is 0.262 e. The largest absolute Gasteiger partial charge is 0.495 e. The zero-order chi connectivity index (χ0) is 23.7. The van der Waals surface area contributed by atoms with Gasteiger partial charge in [-0.15, -0.1) is 0 Å². The highest BCUT2D eigenvalue weighted by molar-refractivity contribution is 7.92. The molecule has 11 heteroatoms. The molecular formula is C21H26ClN3O6S. The number of halogens is 1. The summed E-state index contributed by atoms with van der Waals surface area (Å²) in [6.45, 7) is 0.785. The first-order valence-corrected chi connectivity index (χ1v) is 11.5. The van der Waals surface area contributed by atoms with Crippen LogP contribution in [0.3, 0.4) is 0 Å². The third-order valence-corrected chi connectivity index (χ3v) is 5.97. The second-order valence-corrected chi connectivity index (χ2v) is 8.95. The number of rotatable bonds is 11. The molecule has 0 unspecified atom stereocenters. The van der Waals surface area contributed by atoms with Gasteiger partial charge in [0.1, 0.15) is 5.75 Å². The summed E-state index contributed by atoms with van der Waals surface area (Å²) in [6, 6.07) is 10.1. The van der Waals surface area contributed by atoms with Crippen LogP contribution in [0, 0.1) is 0 Å². The monoisotopic (exact) mass is 483 g/mol. The quantitative estimate of drug-likeness (QED) is 0.474. The Morgan fingerprint density at radius 2 is 1.88 bits per heavy atom. The van der Waals surface area contributed by atoms with Gasteiger partial charge in [0.05, 0.1) is 24.2 Å². The first kappa shape index (κ1) is 25.4. The number of carbonyl (C=O) groups is 2. The summed E-state index contributed by atoms with van der Waals surface area (Å²) >= 11 is 5.96. The zero-order valence-corrected chi connectivity index (χ0v) is 19.6. The molecule has 0 aliphatic rings. The fraction of sp³-hybridized carbons (Fsp3) is 0.333. The summed E-state index contributed by atoms with van der Waals surface area (Å²) in [5, 5.41) is 3.02. The van der Waals surface area contributed by atoms with E-state index in [1.807, 2.05) is 0 Å². The van der Waals surface area contributed by atoms with E-state index in [2.05, 4.69) is 10.0 Å². The normalized spacial score (nSPS) is 11.0. The van der Waals surface area contributed by atoms with E-state index in [0.29, 0.717) is 30.3 Å². The lowest BCUT2D eigenvalue weighted by atomic mass is 10.2. The number of carbonyl (C=O) groups excluding carboxylic acids is 2. The minimum atomic E-state index is -4.04. The first-order valence-electron chi connectivity index (χ1n) is 9.65. The second-order valence-electron chi connectivity index (χ2n) is 6.84. The van der Waals surface area contributed by atoms with Crippen molar-refractivity contribution < 1.29 is 27.5 Å². The average molecular weight is 484 g/mol. The van der Waals surface area contributed by atoms with Crippen LogP contribution in [0.1, 0.15) is 16.8 Å². The number of methoxy groups -OCH3 is 2. The van der Waals surface area contributed by atoms with Gasteiger partial charge in [0.25, 0.3) is 15.9 Å². The fourth-order valence-electron chi connectivity index (χ4n) is 2.77. The zero-order valence-electron chi connectivity index (χ0n) is 18.1. The van der Waals surface area contributed by atoms with Crippen LogP contribution >= 0.6 is 11.6 Å². The van der Waals surface area contributed by atoms with Crippen molar-refractivity contribution in [1.29, 1.82) is 0 Å².